The summed E-state index contributed by atoms with van der Waals surface area (Å²) in [7, 11) is 0. The molecular weight excluding hydrogens is 208 g/mol. The first kappa shape index (κ1) is 11.2. The van der Waals surface area contributed by atoms with Gasteiger partial charge in [0.2, 0.25) is 0 Å². The van der Waals surface area contributed by atoms with Gasteiger partial charge in [0.1, 0.15) is 0 Å². The SMILES string of the molecule is c1ccc([CH2][Ca][CH2]c2ccccc2)cc1. The fourth-order valence-electron chi connectivity index (χ4n) is 1.79. The van der Waals surface area contributed by atoms with Gasteiger partial charge in [0, 0.05) is 0 Å². The van der Waals surface area contributed by atoms with Crippen molar-refractivity contribution in [3.05, 3.63) is 71.8 Å². The Balaban J connectivity index is 1.81. The van der Waals surface area contributed by atoms with Gasteiger partial charge in [-0.1, -0.05) is 0 Å². The van der Waals surface area contributed by atoms with Crippen LogP contribution in [0.4, 0.5) is 0 Å². The Morgan fingerprint density at radius 2 is 1.00 bits per heavy atom. The van der Waals surface area contributed by atoms with E-state index < -0.39 is 33.8 Å². The van der Waals surface area contributed by atoms with Gasteiger partial charge < -0.3 is 0 Å². The molecule has 0 saturated carbocycles. The van der Waals surface area contributed by atoms with E-state index in [-0.39, 0.29) is 0 Å². The number of hydrogen-bond acceptors (Lipinski definition) is 0. The van der Waals surface area contributed by atoms with Crippen molar-refractivity contribution in [2.24, 2.45) is 0 Å². The zero-order valence-electron chi connectivity index (χ0n) is 8.89. The molecule has 1 heteroatoms. The van der Waals surface area contributed by atoms with E-state index in [1.807, 2.05) is 0 Å². The molecule has 0 fully saturated rings. The molecule has 0 aliphatic rings. The van der Waals surface area contributed by atoms with Crippen LogP contribution < -0.4 is 0 Å². The molecule has 72 valence electrons. The maximum atomic E-state index is 2.25. The van der Waals surface area contributed by atoms with Crippen molar-refractivity contribution in [2.75, 3.05) is 0 Å². The van der Waals surface area contributed by atoms with Crippen molar-refractivity contribution in [3.63, 3.8) is 0 Å². The van der Waals surface area contributed by atoms with Gasteiger partial charge in [-0.2, -0.15) is 0 Å². The monoisotopic (exact) mass is 222 g/mol. The topological polar surface area (TPSA) is 0 Å². The third-order valence-electron chi connectivity index (χ3n) is 2.62. The second-order valence-corrected chi connectivity index (χ2v) is 6.49. The molecule has 0 nitrogen and oxygen atoms in total. The van der Waals surface area contributed by atoms with E-state index in [0.29, 0.717) is 0 Å². The van der Waals surface area contributed by atoms with Gasteiger partial charge >= 0.3 is 111 Å². The summed E-state index contributed by atoms with van der Waals surface area (Å²) in [5.41, 5.74) is 3.04. The molecule has 0 spiro atoms. The molecule has 0 heterocycles. The summed E-state index contributed by atoms with van der Waals surface area (Å²) in [6.07, 6.45) is 0. The molecule has 0 atom stereocenters. The molecule has 2 rings (SSSR count). The molecule has 2 aromatic rings. The minimum atomic E-state index is -0.411. The van der Waals surface area contributed by atoms with Crippen LogP contribution in [0.15, 0.2) is 60.7 Å². The van der Waals surface area contributed by atoms with Crippen LogP contribution in [-0.2, 0) is 5.04 Å². The second kappa shape index (κ2) is 6.32. The Labute approximate surface area is 110 Å². The van der Waals surface area contributed by atoms with Crippen LogP contribution in [0.25, 0.3) is 0 Å². The molecule has 0 aliphatic heterocycles. The van der Waals surface area contributed by atoms with Crippen LogP contribution in [0.5, 0.6) is 0 Å². The van der Waals surface area contributed by atoms with Gasteiger partial charge in [0.15, 0.2) is 0 Å². The predicted octanol–water partition coefficient (Wildman–Crippen LogP) is 3.09. The van der Waals surface area contributed by atoms with Gasteiger partial charge in [0.05, 0.1) is 0 Å². The Morgan fingerprint density at radius 3 is 1.40 bits per heavy atom. The van der Waals surface area contributed by atoms with Crippen LogP contribution in [0, 0.1) is 0 Å². The maximum absolute atomic E-state index is 2.25. The van der Waals surface area contributed by atoms with Crippen molar-refractivity contribution in [1.82, 2.24) is 0 Å². The van der Waals surface area contributed by atoms with E-state index in [1.54, 1.807) is 0 Å². The summed E-state index contributed by atoms with van der Waals surface area (Å²) in [4.78, 5) is 0. The Morgan fingerprint density at radius 1 is 0.600 bits per heavy atom. The Bertz CT molecular complexity index is 341. The minimum absolute atomic E-state index is 0.411. The average molecular weight is 222 g/mol. The van der Waals surface area contributed by atoms with Gasteiger partial charge in [-0.05, 0) is 0 Å². The summed E-state index contributed by atoms with van der Waals surface area (Å²) in [5, 5.41) is 0. The van der Waals surface area contributed by atoms with Crippen molar-refractivity contribution >= 4 is 33.8 Å². The van der Waals surface area contributed by atoms with E-state index in [4.69, 9.17) is 0 Å². The fourth-order valence-corrected chi connectivity index (χ4v) is 4.38. The van der Waals surface area contributed by atoms with Crippen LogP contribution in [0.2, 0.25) is 0 Å². The standard InChI is InChI=1S/2C7H7.Ca/c2*1-7-5-3-2-4-6-7;/h2*2-6H,1H2;. The van der Waals surface area contributed by atoms with Crippen LogP contribution in [0.3, 0.4) is 0 Å². The van der Waals surface area contributed by atoms with Gasteiger partial charge in [-0.25, -0.2) is 0 Å². The third-order valence-corrected chi connectivity index (χ3v) is 5.52. The molecule has 0 aliphatic carbocycles. The second-order valence-electron chi connectivity index (χ2n) is 3.82. The first-order valence-corrected chi connectivity index (χ1v) is 8.65. The molecule has 2 aromatic carbocycles. The zero-order chi connectivity index (χ0) is 10.3. The molecule has 0 bridgehead atoms. The molecule has 15 heavy (non-hydrogen) atoms. The van der Waals surface area contributed by atoms with Crippen LogP contribution in [-0.4, -0.2) is 33.8 Å². The quantitative estimate of drug-likeness (QED) is 0.697. The van der Waals surface area contributed by atoms with Crippen molar-refractivity contribution in [2.45, 2.75) is 5.04 Å². The molecular formula is C14H14Ca. The van der Waals surface area contributed by atoms with Crippen molar-refractivity contribution in [1.29, 1.82) is 0 Å². The predicted molar refractivity (Wildman–Crippen MR) is 66.0 cm³/mol. The normalized spacial score (nSPS) is 9.60. The third kappa shape index (κ3) is 3.98. The Kier molecular flexibility index (Phi) is 4.72. The molecule has 0 N–H and O–H groups in total. The van der Waals surface area contributed by atoms with Crippen molar-refractivity contribution < 1.29 is 0 Å². The molecule has 0 aromatic heterocycles. The number of hydrogen-bond donors (Lipinski definition) is 0. The van der Waals surface area contributed by atoms with Gasteiger partial charge in [0.25, 0.3) is 0 Å². The van der Waals surface area contributed by atoms with Crippen LogP contribution in [0.1, 0.15) is 11.1 Å². The van der Waals surface area contributed by atoms with Crippen LogP contribution >= 0.6 is 0 Å². The van der Waals surface area contributed by atoms with Crippen molar-refractivity contribution in [3.8, 4) is 0 Å². The molecule has 0 saturated heterocycles. The molecule has 0 amide bonds. The van der Waals surface area contributed by atoms with E-state index >= 15 is 0 Å². The zero-order valence-corrected chi connectivity index (χ0v) is 11.1. The molecule has 0 radical (unpaired) electrons. The summed E-state index contributed by atoms with van der Waals surface area (Å²) in [5.74, 6) is 0. The number of benzene rings is 2. The molecule has 0 unspecified atom stereocenters. The average Bonchev–Trinajstić information content (AvgIpc) is 2.32. The summed E-state index contributed by atoms with van der Waals surface area (Å²) >= 11 is -0.411. The van der Waals surface area contributed by atoms with E-state index in [9.17, 15) is 0 Å². The summed E-state index contributed by atoms with van der Waals surface area (Å²) in [6.45, 7) is 0. The Hall–Kier alpha value is -0.300. The summed E-state index contributed by atoms with van der Waals surface area (Å²) in [6, 6.07) is 21.7. The van der Waals surface area contributed by atoms with E-state index in [1.165, 1.54) is 16.2 Å². The van der Waals surface area contributed by atoms with E-state index in [2.05, 4.69) is 60.7 Å². The fraction of sp³-hybridized carbons (Fsp3) is 0.143. The number of rotatable bonds is 4. The first-order chi connectivity index (χ1) is 7.45. The van der Waals surface area contributed by atoms with E-state index in [0.717, 1.165) is 0 Å². The summed E-state index contributed by atoms with van der Waals surface area (Å²) < 4.78 is 2.73. The first-order valence-electron chi connectivity index (χ1n) is 5.53. The van der Waals surface area contributed by atoms with Gasteiger partial charge in [-0.15, -0.1) is 0 Å². The van der Waals surface area contributed by atoms with Gasteiger partial charge in [-0.3, -0.25) is 0 Å².